The molecule has 1 saturated carbocycles. The van der Waals surface area contributed by atoms with Crippen LogP contribution < -0.4 is 0 Å². The van der Waals surface area contributed by atoms with Gasteiger partial charge in [-0.1, -0.05) is 11.8 Å². The van der Waals surface area contributed by atoms with Crippen LogP contribution in [0, 0.1) is 35.5 Å². The third-order valence-corrected chi connectivity index (χ3v) is 7.35. The van der Waals surface area contributed by atoms with Crippen molar-refractivity contribution in [2.24, 2.45) is 11.8 Å². The highest BCUT2D eigenvalue weighted by molar-refractivity contribution is 6.25. The van der Waals surface area contributed by atoms with Crippen molar-refractivity contribution < 1.29 is 34.8 Å². The average Bonchev–Trinajstić information content (AvgIpc) is 2.79. The molecule has 4 unspecified atom stereocenters. The van der Waals surface area contributed by atoms with E-state index in [1.54, 1.807) is 34.0 Å². The summed E-state index contributed by atoms with van der Waals surface area (Å²) in [4.78, 5) is 40.9. The van der Waals surface area contributed by atoms with Crippen molar-refractivity contribution in [1.82, 2.24) is 4.90 Å². The van der Waals surface area contributed by atoms with Crippen LogP contribution >= 0.6 is 0 Å². The highest BCUT2D eigenvalue weighted by Crippen LogP contribution is 2.53. The van der Waals surface area contributed by atoms with Crippen molar-refractivity contribution in [1.29, 1.82) is 0 Å². The number of carbonyl (C=O) groups excluding carboxylic acids is 3. The van der Waals surface area contributed by atoms with Gasteiger partial charge in [-0.25, -0.2) is 0 Å². The standard InChI is InChI=1S/C28H27NO7/c1-6-8-14-10-15(9-7-2)23(31)21-17(14)11-16-12-18-22(29(4)5)25(33)19(13(3)30)26(34)28(18,36)27(35)20(16)24(21)32/h10,16,18,22,31-32,34,36H,11-12H2,1-5H3. The van der Waals surface area contributed by atoms with E-state index in [2.05, 4.69) is 23.7 Å². The van der Waals surface area contributed by atoms with Crippen LogP contribution in [0.2, 0.25) is 0 Å². The first-order chi connectivity index (χ1) is 16.9. The first-order valence-corrected chi connectivity index (χ1v) is 11.5. The minimum absolute atomic E-state index is 0.000885. The molecule has 3 aliphatic carbocycles. The van der Waals surface area contributed by atoms with Gasteiger partial charge in [0.2, 0.25) is 5.78 Å². The van der Waals surface area contributed by atoms with E-state index in [1.807, 2.05) is 0 Å². The third-order valence-electron chi connectivity index (χ3n) is 7.35. The van der Waals surface area contributed by atoms with Crippen molar-refractivity contribution in [3.8, 4) is 29.4 Å². The number of fused-ring (bicyclic) bond motifs is 3. The van der Waals surface area contributed by atoms with Gasteiger partial charge in [0, 0.05) is 17.1 Å². The Labute approximate surface area is 208 Å². The second kappa shape index (κ2) is 8.67. The quantitative estimate of drug-likeness (QED) is 0.365. The fourth-order valence-electron chi connectivity index (χ4n) is 5.89. The van der Waals surface area contributed by atoms with E-state index in [0.29, 0.717) is 11.1 Å². The Balaban J connectivity index is 2.03. The van der Waals surface area contributed by atoms with Gasteiger partial charge in [-0.05, 0) is 65.3 Å². The van der Waals surface area contributed by atoms with Crippen LogP contribution in [0.4, 0.5) is 0 Å². The van der Waals surface area contributed by atoms with E-state index in [4.69, 9.17) is 0 Å². The Morgan fingerprint density at radius 2 is 1.69 bits per heavy atom. The Bertz CT molecular complexity index is 1420. The lowest BCUT2D eigenvalue weighted by Crippen LogP contribution is -2.65. The van der Waals surface area contributed by atoms with Crippen molar-refractivity contribution in [2.45, 2.75) is 45.3 Å². The van der Waals surface area contributed by atoms with E-state index in [0.717, 1.165) is 6.92 Å². The molecule has 1 fully saturated rings. The highest BCUT2D eigenvalue weighted by atomic mass is 16.3. The zero-order chi connectivity index (χ0) is 26.7. The predicted octanol–water partition coefficient (Wildman–Crippen LogP) is 1.81. The maximum absolute atomic E-state index is 13.9. The number of Topliss-reactive ketones (excluding diaryl/α,β-unsaturated/α-hetero) is 3. The molecular weight excluding hydrogens is 462 g/mol. The van der Waals surface area contributed by atoms with Crippen LogP contribution in [0.1, 0.15) is 49.4 Å². The van der Waals surface area contributed by atoms with Gasteiger partial charge in [0.1, 0.15) is 22.8 Å². The summed E-state index contributed by atoms with van der Waals surface area (Å²) in [7, 11) is 3.19. The molecule has 4 rings (SSSR count). The maximum Gasteiger partial charge on any atom is 0.202 e. The minimum atomic E-state index is -2.59. The molecule has 1 aromatic rings. The van der Waals surface area contributed by atoms with Gasteiger partial charge in [0.15, 0.2) is 17.2 Å². The number of aromatic hydroxyl groups is 1. The fraction of sp³-hybridized carbons (Fsp3) is 0.393. The monoisotopic (exact) mass is 489 g/mol. The van der Waals surface area contributed by atoms with Crippen LogP contribution in [-0.2, 0) is 20.8 Å². The smallest absolute Gasteiger partial charge is 0.202 e. The third kappa shape index (κ3) is 3.30. The van der Waals surface area contributed by atoms with E-state index < -0.39 is 57.9 Å². The van der Waals surface area contributed by atoms with Gasteiger partial charge < -0.3 is 20.4 Å². The number of ketones is 3. The number of aliphatic hydroxyl groups excluding tert-OH is 2. The fourth-order valence-corrected chi connectivity index (χ4v) is 5.89. The molecule has 3 aliphatic rings. The summed E-state index contributed by atoms with van der Waals surface area (Å²) in [5, 5.41) is 44.9. The van der Waals surface area contributed by atoms with E-state index in [1.165, 1.54) is 4.90 Å². The predicted molar refractivity (Wildman–Crippen MR) is 131 cm³/mol. The van der Waals surface area contributed by atoms with Crippen molar-refractivity contribution in [2.75, 3.05) is 14.1 Å². The molecule has 4 N–H and O–H groups in total. The summed E-state index contributed by atoms with van der Waals surface area (Å²) < 4.78 is 0. The Morgan fingerprint density at radius 3 is 2.25 bits per heavy atom. The number of likely N-dealkylation sites (N-methyl/N-ethyl adjacent to an activating group) is 1. The SMILES string of the molecule is CC#Cc1cc(C#CC)c2c(c1O)C(O)=C1C(=O)C3(O)C(O)=C(C(C)=O)C(=O)C(N(C)C)C3CC1C2. The van der Waals surface area contributed by atoms with Gasteiger partial charge in [-0.15, -0.1) is 11.8 Å². The molecule has 0 spiro atoms. The van der Waals surface area contributed by atoms with E-state index in [9.17, 15) is 34.8 Å². The van der Waals surface area contributed by atoms with Crippen molar-refractivity contribution in [3.63, 3.8) is 0 Å². The zero-order valence-corrected chi connectivity index (χ0v) is 20.7. The van der Waals surface area contributed by atoms with Crippen molar-refractivity contribution in [3.05, 3.63) is 45.2 Å². The zero-order valence-electron chi connectivity index (χ0n) is 20.7. The second-order valence-corrected chi connectivity index (χ2v) is 9.58. The van der Waals surface area contributed by atoms with Gasteiger partial charge in [-0.2, -0.15) is 0 Å². The molecule has 0 radical (unpaired) electrons. The van der Waals surface area contributed by atoms with Crippen LogP contribution in [0.25, 0.3) is 5.76 Å². The highest BCUT2D eigenvalue weighted by Gasteiger charge is 2.64. The summed E-state index contributed by atoms with van der Waals surface area (Å²) in [5.74, 6) is 5.24. The molecule has 36 heavy (non-hydrogen) atoms. The Kier molecular flexibility index (Phi) is 6.08. The average molecular weight is 490 g/mol. The van der Waals surface area contributed by atoms with Gasteiger partial charge in [0.25, 0.3) is 0 Å². The number of rotatable bonds is 2. The van der Waals surface area contributed by atoms with E-state index in [-0.39, 0.29) is 35.3 Å². The number of phenols is 1. The number of aliphatic hydroxyl groups is 3. The first-order valence-electron chi connectivity index (χ1n) is 11.5. The molecule has 0 amide bonds. The summed E-state index contributed by atoms with van der Waals surface area (Å²) in [6, 6.07) is 0.574. The first kappa shape index (κ1) is 25.2. The molecule has 0 aromatic heterocycles. The lowest BCUT2D eigenvalue weighted by Gasteiger charge is -2.50. The minimum Gasteiger partial charge on any atom is -0.508 e. The lowest BCUT2D eigenvalue weighted by molar-refractivity contribution is -0.153. The number of carbonyl (C=O) groups is 3. The largest absolute Gasteiger partial charge is 0.508 e. The summed E-state index contributed by atoms with van der Waals surface area (Å²) >= 11 is 0. The molecular formula is C28H27NO7. The number of benzene rings is 1. The normalized spacial score (nSPS) is 26.9. The van der Waals surface area contributed by atoms with E-state index >= 15 is 0 Å². The summed E-state index contributed by atoms with van der Waals surface area (Å²) in [6.45, 7) is 4.32. The topological polar surface area (TPSA) is 135 Å². The molecule has 1 aromatic carbocycles. The maximum atomic E-state index is 13.9. The number of hydrogen-bond donors (Lipinski definition) is 4. The van der Waals surface area contributed by atoms with Crippen LogP contribution in [-0.4, -0.2) is 68.4 Å². The van der Waals surface area contributed by atoms with Gasteiger partial charge in [-0.3, -0.25) is 19.3 Å². The molecule has 186 valence electrons. The Hall–Kier alpha value is -3.85. The molecule has 0 aliphatic heterocycles. The molecule has 8 heteroatoms. The second-order valence-electron chi connectivity index (χ2n) is 9.58. The molecule has 0 bridgehead atoms. The van der Waals surface area contributed by atoms with Crippen LogP contribution in [0.3, 0.4) is 0 Å². The number of phenolic OH excluding ortho intramolecular Hbond substituents is 1. The molecule has 0 heterocycles. The van der Waals surface area contributed by atoms with Crippen LogP contribution in [0.15, 0.2) is 23.0 Å². The molecule has 8 nitrogen and oxygen atoms in total. The summed E-state index contributed by atoms with van der Waals surface area (Å²) in [6.07, 6.45) is 0.254. The number of nitrogens with zero attached hydrogens (tertiary/aromatic N) is 1. The van der Waals surface area contributed by atoms with Crippen molar-refractivity contribution >= 4 is 23.1 Å². The summed E-state index contributed by atoms with van der Waals surface area (Å²) in [5.41, 5.74) is -2.11. The van der Waals surface area contributed by atoms with Crippen LogP contribution in [0.5, 0.6) is 5.75 Å². The molecule has 0 saturated heterocycles. The number of hydrogen-bond acceptors (Lipinski definition) is 8. The lowest BCUT2D eigenvalue weighted by atomic mass is 9.57. The van der Waals surface area contributed by atoms with Gasteiger partial charge >= 0.3 is 0 Å². The molecule has 4 atom stereocenters. The Morgan fingerprint density at radius 1 is 1.08 bits per heavy atom. The van der Waals surface area contributed by atoms with Gasteiger partial charge in [0.05, 0.1) is 17.2 Å².